The Bertz CT molecular complexity index is 901. The summed E-state index contributed by atoms with van der Waals surface area (Å²) in [5, 5.41) is 7.20. The molecule has 0 bridgehead atoms. The number of hydrogen-bond acceptors (Lipinski definition) is 4. The third-order valence-corrected chi connectivity index (χ3v) is 4.33. The Hall–Kier alpha value is -2.89. The molecule has 0 saturated carbocycles. The summed E-state index contributed by atoms with van der Waals surface area (Å²) in [6.07, 6.45) is 7.74. The predicted octanol–water partition coefficient (Wildman–Crippen LogP) is 2.64. The predicted molar refractivity (Wildman–Crippen MR) is 93.1 cm³/mol. The molecule has 0 radical (unpaired) electrons. The van der Waals surface area contributed by atoms with Crippen LogP contribution in [-0.2, 0) is 17.8 Å². The lowest BCUT2D eigenvalue weighted by Crippen LogP contribution is -2.29. The van der Waals surface area contributed by atoms with Crippen molar-refractivity contribution >= 4 is 22.9 Å². The molecule has 6 nitrogen and oxygen atoms in total. The highest BCUT2D eigenvalue weighted by atomic mass is 16.1. The first-order valence-electron chi connectivity index (χ1n) is 8.13. The van der Waals surface area contributed by atoms with Crippen molar-refractivity contribution in [1.29, 1.82) is 0 Å². The number of hydrogen-bond donors (Lipinski definition) is 1. The summed E-state index contributed by atoms with van der Waals surface area (Å²) in [6.45, 7) is 3.32. The minimum Gasteiger partial charge on any atom is -0.367 e. The Balaban J connectivity index is 1.65. The lowest BCUT2D eigenvalue weighted by atomic mass is 9.99. The number of nitrogens with zero attached hydrogens (tertiary/aromatic N) is 4. The van der Waals surface area contributed by atoms with Gasteiger partial charge in [0, 0.05) is 55.4 Å². The number of carbonyl (C=O) groups excluding carboxylic acids is 1. The normalized spacial score (nSPS) is 13.8. The first-order valence-corrected chi connectivity index (χ1v) is 8.13. The fraction of sp³-hybridized carbons (Fsp3) is 0.278. The van der Waals surface area contributed by atoms with Crippen LogP contribution in [0.1, 0.15) is 24.5 Å². The number of rotatable bonds is 3. The van der Waals surface area contributed by atoms with E-state index < -0.39 is 0 Å². The van der Waals surface area contributed by atoms with Crippen molar-refractivity contribution in [2.45, 2.75) is 26.3 Å². The van der Waals surface area contributed by atoms with Crippen molar-refractivity contribution < 1.29 is 4.79 Å². The first kappa shape index (κ1) is 14.7. The van der Waals surface area contributed by atoms with Crippen LogP contribution in [0.5, 0.6) is 0 Å². The van der Waals surface area contributed by atoms with Crippen molar-refractivity contribution in [3.05, 3.63) is 54.0 Å². The third-order valence-electron chi connectivity index (χ3n) is 4.33. The molecule has 3 heterocycles. The smallest absolute Gasteiger partial charge is 0.221 e. The molecule has 0 atom stereocenters. The lowest BCUT2D eigenvalue weighted by molar-refractivity contribution is -0.114. The van der Waals surface area contributed by atoms with E-state index in [4.69, 9.17) is 0 Å². The van der Waals surface area contributed by atoms with Gasteiger partial charge in [-0.1, -0.05) is 6.07 Å². The Morgan fingerprint density at radius 1 is 1.33 bits per heavy atom. The van der Waals surface area contributed by atoms with Gasteiger partial charge >= 0.3 is 0 Å². The quantitative estimate of drug-likeness (QED) is 0.805. The third kappa shape index (κ3) is 2.71. The van der Waals surface area contributed by atoms with Crippen LogP contribution >= 0.6 is 0 Å². The number of nitrogens with one attached hydrogen (secondary N) is 1. The molecular formula is C18H19N5O. The van der Waals surface area contributed by atoms with Gasteiger partial charge in [-0.3, -0.25) is 4.79 Å². The van der Waals surface area contributed by atoms with Crippen molar-refractivity contribution in [3.8, 4) is 0 Å². The van der Waals surface area contributed by atoms with Crippen molar-refractivity contribution in [2.24, 2.45) is 0 Å². The van der Waals surface area contributed by atoms with Gasteiger partial charge in [-0.15, -0.1) is 0 Å². The van der Waals surface area contributed by atoms with E-state index in [1.807, 2.05) is 30.6 Å². The average Bonchev–Trinajstić information content (AvgIpc) is 3.03. The summed E-state index contributed by atoms with van der Waals surface area (Å²) in [4.78, 5) is 18.2. The zero-order valence-electron chi connectivity index (χ0n) is 13.6. The minimum atomic E-state index is -0.0335. The maximum absolute atomic E-state index is 11.4. The van der Waals surface area contributed by atoms with Gasteiger partial charge in [-0.2, -0.15) is 5.10 Å². The molecule has 1 aliphatic rings. The highest BCUT2D eigenvalue weighted by molar-refractivity contribution is 5.90. The SMILES string of the molecule is CC(=O)Nc1cccc2c1CCCN2Cc1cnc2ccnn2c1. The largest absolute Gasteiger partial charge is 0.367 e. The van der Waals surface area contributed by atoms with Gasteiger partial charge in [-0.25, -0.2) is 9.50 Å². The number of aromatic nitrogens is 3. The molecule has 1 amide bonds. The van der Waals surface area contributed by atoms with Crippen LogP contribution in [0.2, 0.25) is 0 Å². The topological polar surface area (TPSA) is 62.5 Å². The van der Waals surface area contributed by atoms with Gasteiger partial charge in [-0.05, 0) is 30.5 Å². The minimum absolute atomic E-state index is 0.0335. The maximum atomic E-state index is 11.4. The molecule has 24 heavy (non-hydrogen) atoms. The van der Waals surface area contributed by atoms with E-state index >= 15 is 0 Å². The Morgan fingerprint density at radius 2 is 2.25 bits per heavy atom. The van der Waals surface area contributed by atoms with Gasteiger partial charge in [0.15, 0.2) is 5.65 Å². The number of carbonyl (C=O) groups is 1. The maximum Gasteiger partial charge on any atom is 0.221 e. The van der Waals surface area contributed by atoms with Crippen molar-refractivity contribution in [2.75, 3.05) is 16.8 Å². The van der Waals surface area contributed by atoms with E-state index in [-0.39, 0.29) is 5.91 Å². The summed E-state index contributed by atoms with van der Waals surface area (Å²) in [7, 11) is 0. The molecule has 0 unspecified atom stereocenters. The van der Waals surface area contributed by atoms with E-state index in [1.54, 1.807) is 17.6 Å². The van der Waals surface area contributed by atoms with Gasteiger partial charge in [0.25, 0.3) is 0 Å². The molecule has 2 aromatic heterocycles. The lowest BCUT2D eigenvalue weighted by Gasteiger charge is -2.32. The monoisotopic (exact) mass is 321 g/mol. The Kier molecular flexibility index (Phi) is 3.65. The summed E-state index contributed by atoms with van der Waals surface area (Å²) in [6, 6.07) is 7.98. The Labute approximate surface area is 140 Å². The van der Waals surface area contributed by atoms with Gasteiger partial charge in [0.1, 0.15) is 0 Å². The van der Waals surface area contributed by atoms with E-state index in [1.165, 1.54) is 11.3 Å². The Morgan fingerprint density at radius 3 is 3.12 bits per heavy atom. The number of fused-ring (bicyclic) bond motifs is 2. The van der Waals surface area contributed by atoms with Crippen LogP contribution in [-0.4, -0.2) is 27.0 Å². The molecule has 122 valence electrons. The second kappa shape index (κ2) is 5.96. The zero-order valence-corrected chi connectivity index (χ0v) is 13.6. The van der Waals surface area contributed by atoms with Crippen molar-refractivity contribution in [1.82, 2.24) is 14.6 Å². The average molecular weight is 321 g/mol. The molecule has 0 spiro atoms. The van der Waals surface area contributed by atoms with E-state index in [0.29, 0.717) is 0 Å². The van der Waals surface area contributed by atoms with E-state index in [9.17, 15) is 4.79 Å². The second-order valence-electron chi connectivity index (χ2n) is 6.11. The van der Waals surface area contributed by atoms with Gasteiger partial charge < -0.3 is 10.2 Å². The van der Waals surface area contributed by atoms with Crippen LogP contribution in [0.3, 0.4) is 0 Å². The van der Waals surface area contributed by atoms with Crippen LogP contribution in [0, 0.1) is 0 Å². The highest BCUT2D eigenvalue weighted by Gasteiger charge is 2.20. The molecule has 0 aliphatic carbocycles. The van der Waals surface area contributed by atoms with Crippen LogP contribution in [0.4, 0.5) is 11.4 Å². The van der Waals surface area contributed by atoms with Crippen LogP contribution in [0.15, 0.2) is 42.9 Å². The zero-order chi connectivity index (χ0) is 16.5. The number of benzene rings is 1. The van der Waals surface area contributed by atoms with Crippen LogP contribution < -0.4 is 10.2 Å². The van der Waals surface area contributed by atoms with Gasteiger partial charge in [0.05, 0.1) is 6.20 Å². The summed E-state index contributed by atoms with van der Waals surface area (Å²) in [5.74, 6) is -0.0335. The molecule has 6 heteroatoms. The standard InChI is InChI=1S/C18H19N5O/c1-13(24)21-16-5-2-6-17-15(16)4-3-9-22(17)11-14-10-19-18-7-8-20-23(18)12-14/h2,5-8,10,12H,3-4,9,11H2,1H3,(H,21,24). The molecule has 0 saturated heterocycles. The molecule has 1 aliphatic heterocycles. The molecule has 1 N–H and O–H groups in total. The van der Waals surface area contributed by atoms with Crippen LogP contribution in [0.25, 0.3) is 5.65 Å². The summed E-state index contributed by atoms with van der Waals surface area (Å²) < 4.78 is 1.80. The van der Waals surface area contributed by atoms with E-state index in [0.717, 1.165) is 42.8 Å². The summed E-state index contributed by atoms with van der Waals surface area (Å²) >= 11 is 0. The fourth-order valence-corrected chi connectivity index (χ4v) is 3.32. The van der Waals surface area contributed by atoms with Gasteiger partial charge in [0.2, 0.25) is 5.91 Å². The fourth-order valence-electron chi connectivity index (χ4n) is 3.32. The second-order valence-corrected chi connectivity index (χ2v) is 6.11. The molecule has 1 aromatic carbocycles. The van der Waals surface area contributed by atoms with Crippen molar-refractivity contribution in [3.63, 3.8) is 0 Å². The first-order chi connectivity index (χ1) is 11.7. The summed E-state index contributed by atoms with van der Waals surface area (Å²) in [5.41, 5.74) is 5.29. The number of amides is 1. The molecule has 3 aromatic rings. The van der Waals surface area contributed by atoms with E-state index in [2.05, 4.69) is 26.4 Å². The molecule has 0 fully saturated rings. The highest BCUT2D eigenvalue weighted by Crippen LogP contribution is 2.33. The number of anilines is 2. The molecular weight excluding hydrogens is 302 g/mol. The molecule has 4 rings (SSSR count).